The Morgan fingerprint density at radius 3 is 2.49 bits per heavy atom. The number of Topliss-reactive ketones (excluding diaryl/α,β-unsaturated/α-hetero) is 1. The number of benzene rings is 3. The Balaban J connectivity index is 1.70. The number of aliphatic hydroxyl groups excluding tert-OH is 1. The number of aliphatic hydroxyl groups is 1. The molecule has 1 fully saturated rings. The number of nitrogens with zero attached hydrogens (tertiary/aromatic N) is 2. The van der Waals surface area contributed by atoms with Crippen molar-refractivity contribution < 1.29 is 19.4 Å². The number of hydrogen-bond acceptors (Lipinski definition) is 6. The first-order valence-corrected chi connectivity index (χ1v) is 12.2. The van der Waals surface area contributed by atoms with Gasteiger partial charge in [0.1, 0.15) is 11.5 Å². The topological polar surface area (TPSA) is 79.7 Å². The summed E-state index contributed by atoms with van der Waals surface area (Å²) in [6.07, 6.45) is 0. The van der Waals surface area contributed by atoms with Crippen molar-refractivity contribution in [2.45, 2.75) is 19.9 Å². The summed E-state index contributed by atoms with van der Waals surface area (Å²) in [5.74, 6) is -1.11. The van der Waals surface area contributed by atoms with Crippen LogP contribution in [0.1, 0.15) is 29.7 Å². The van der Waals surface area contributed by atoms with E-state index in [1.54, 1.807) is 48.5 Å². The number of aromatic nitrogens is 1. The first-order valence-electron chi connectivity index (χ1n) is 11.0. The maximum atomic E-state index is 13.4. The van der Waals surface area contributed by atoms with Crippen molar-refractivity contribution in [2.24, 2.45) is 0 Å². The number of ether oxygens (including phenoxy) is 1. The van der Waals surface area contributed by atoms with Crippen molar-refractivity contribution in [1.29, 1.82) is 0 Å². The summed E-state index contributed by atoms with van der Waals surface area (Å²) in [4.78, 5) is 32.7. The third kappa shape index (κ3) is 4.17. The van der Waals surface area contributed by atoms with Gasteiger partial charge in [-0.3, -0.25) is 14.5 Å². The van der Waals surface area contributed by atoms with E-state index in [4.69, 9.17) is 16.3 Å². The molecule has 6 nitrogen and oxygen atoms in total. The first kappa shape index (κ1) is 23.1. The van der Waals surface area contributed by atoms with Crippen LogP contribution in [-0.4, -0.2) is 28.4 Å². The number of amides is 1. The molecule has 1 aromatic heterocycles. The number of thiazole rings is 1. The number of halogens is 1. The van der Waals surface area contributed by atoms with Crippen LogP contribution in [0.15, 0.2) is 72.3 Å². The van der Waals surface area contributed by atoms with Crippen LogP contribution in [-0.2, 0) is 9.59 Å². The van der Waals surface area contributed by atoms with Gasteiger partial charge in [-0.15, -0.1) is 0 Å². The fraction of sp³-hybridized carbons (Fsp3) is 0.148. The van der Waals surface area contributed by atoms with Gasteiger partial charge in [0.05, 0.1) is 28.4 Å². The molecule has 0 bridgehead atoms. The lowest BCUT2D eigenvalue weighted by atomic mass is 9.95. The number of fused-ring (bicyclic) bond motifs is 1. The zero-order valence-electron chi connectivity index (χ0n) is 19.0. The molecule has 2 heterocycles. The van der Waals surface area contributed by atoms with Crippen molar-refractivity contribution in [1.82, 2.24) is 4.98 Å². The van der Waals surface area contributed by atoms with Crippen molar-refractivity contribution in [3.05, 3.63) is 94.0 Å². The summed E-state index contributed by atoms with van der Waals surface area (Å²) in [6, 6.07) is 18.6. The average molecular weight is 505 g/mol. The van der Waals surface area contributed by atoms with Gasteiger partial charge in [-0.05, 0) is 73.5 Å². The van der Waals surface area contributed by atoms with E-state index in [2.05, 4.69) is 4.98 Å². The molecule has 1 aliphatic rings. The summed E-state index contributed by atoms with van der Waals surface area (Å²) >= 11 is 7.33. The molecule has 0 saturated carbocycles. The Labute approximate surface area is 211 Å². The van der Waals surface area contributed by atoms with Crippen LogP contribution in [0.5, 0.6) is 5.75 Å². The highest BCUT2D eigenvalue weighted by molar-refractivity contribution is 7.22. The van der Waals surface area contributed by atoms with Crippen LogP contribution < -0.4 is 9.64 Å². The van der Waals surface area contributed by atoms with Crippen LogP contribution in [0.4, 0.5) is 5.13 Å². The maximum Gasteiger partial charge on any atom is 0.301 e. The lowest BCUT2D eigenvalue weighted by Crippen LogP contribution is -2.29. The normalized spacial score (nSPS) is 17.3. The number of ketones is 1. The Hall–Kier alpha value is -3.68. The van der Waals surface area contributed by atoms with Gasteiger partial charge in [0.25, 0.3) is 5.78 Å². The Kier molecular flexibility index (Phi) is 6.05. The van der Waals surface area contributed by atoms with Crippen LogP contribution in [0.2, 0.25) is 5.02 Å². The molecular formula is C27H21ClN2O4S. The highest BCUT2D eigenvalue weighted by atomic mass is 35.5. The number of hydrogen-bond donors (Lipinski definition) is 1. The summed E-state index contributed by atoms with van der Waals surface area (Å²) in [5, 5.41) is 12.1. The van der Waals surface area contributed by atoms with Gasteiger partial charge in [-0.1, -0.05) is 41.1 Å². The highest BCUT2D eigenvalue weighted by Gasteiger charge is 2.48. The smallest absolute Gasteiger partial charge is 0.301 e. The zero-order chi connectivity index (χ0) is 24.7. The van der Waals surface area contributed by atoms with E-state index in [9.17, 15) is 14.7 Å². The van der Waals surface area contributed by atoms with Gasteiger partial charge < -0.3 is 9.84 Å². The van der Waals surface area contributed by atoms with E-state index in [1.807, 2.05) is 32.0 Å². The number of carbonyl (C=O) groups excluding carboxylic acids is 2. The lowest BCUT2D eigenvalue weighted by Gasteiger charge is -2.23. The molecular weight excluding hydrogens is 484 g/mol. The van der Waals surface area contributed by atoms with E-state index in [-0.39, 0.29) is 11.3 Å². The lowest BCUT2D eigenvalue weighted by molar-refractivity contribution is -0.132. The molecule has 8 heteroatoms. The van der Waals surface area contributed by atoms with Crippen molar-refractivity contribution >= 4 is 55.7 Å². The second kappa shape index (κ2) is 9.17. The summed E-state index contributed by atoms with van der Waals surface area (Å²) in [5.41, 5.74) is 2.85. The molecule has 0 radical (unpaired) electrons. The largest absolute Gasteiger partial charge is 0.507 e. The van der Waals surface area contributed by atoms with Crippen LogP contribution in [0.25, 0.3) is 16.0 Å². The maximum absolute atomic E-state index is 13.4. The van der Waals surface area contributed by atoms with E-state index < -0.39 is 17.7 Å². The predicted molar refractivity (Wildman–Crippen MR) is 138 cm³/mol. The Morgan fingerprint density at radius 2 is 1.80 bits per heavy atom. The first-order chi connectivity index (χ1) is 16.9. The van der Waals surface area contributed by atoms with E-state index in [0.29, 0.717) is 33.6 Å². The van der Waals surface area contributed by atoms with Gasteiger partial charge in [-0.2, -0.15) is 0 Å². The summed E-state index contributed by atoms with van der Waals surface area (Å²) in [6.45, 7) is 4.39. The number of anilines is 1. The van der Waals surface area contributed by atoms with Gasteiger partial charge in [-0.25, -0.2) is 4.98 Å². The minimum absolute atomic E-state index is 0.00285. The van der Waals surface area contributed by atoms with E-state index in [0.717, 1.165) is 15.8 Å². The van der Waals surface area contributed by atoms with Gasteiger partial charge >= 0.3 is 5.91 Å². The number of aryl methyl sites for hydroxylation is 1. The second-order valence-electron chi connectivity index (χ2n) is 8.15. The monoisotopic (exact) mass is 504 g/mol. The Bertz CT molecular complexity index is 1480. The van der Waals surface area contributed by atoms with Gasteiger partial charge in [0, 0.05) is 10.6 Å². The predicted octanol–water partition coefficient (Wildman–Crippen LogP) is 6.28. The summed E-state index contributed by atoms with van der Waals surface area (Å²) < 4.78 is 6.46. The molecule has 1 saturated heterocycles. The van der Waals surface area contributed by atoms with Crippen molar-refractivity contribution in [2.75, 3.05) is 11.5 Å². The summed E-state index contributed by atoms with van der Waals surface area (Å²) in [7, 11) is 0. The van der Waals surface area contributed by atoms with Crippen molar-refractivity contribution in [3.8, 4) is 5.75 Å². The van der Waals surface area contributed by atoms with Gasteiger partial charge in [0.15, 0.2) is 5.13 Å². The van der Waals surface area contributed by atoms with Crippen LogP contribution in [0, 0.1) is 6.92 Å². The average Bonchev–Trinajstić information content (AvgIpc) is 3.37. The standard InChI is InChI=1S/C27H21ClN2O4S/c1-3-34-19-11-7-16(8-12-19)23-22(24(31)17-5-9-18(28)10-6-17)25(32)26(33)30(23)27-29-20-13-4-15(2)14-21(20)35-27/h4-14,23,31H,3H2,1-2H3/b24-22+. The highest BCUT2D eigenvalue weighted by Crippen LogP contribution is 2.44. The van der Waals surface area contributed by atoms with Crippen LogP contribution in [0.3, 0.4) is 0 Å². The fourth-order valence-corrected chi connectivity index (χ4v) is 5.36. The number of carbonyl (C=O) groups is 2. The molecule has 1 atom stereocenters. The minimum atomic E-state index is -0.858. The third-order valence-electron chi connectivity index (χ3n) is 5.81. The molecule has 176 valence electrons. The Morgan fingerprint density at radius 1 is 1.09 bits per heavy atom. The number of rotatable bonds is 5. The molecule has 0 aliphatic carbocycles. The minimum Gasteiger partial charge on any atom is -0.507 e. The molecule has 1 unspecified atom stereocenters. The third-order valence-corrected chi connectivity index (χ3v) is 7.08. The molecule has 4 aromatic rings. The van der Waals surface area contributed by atoms with Gasteiger partial charge in [0.2, 0.25) is 0 Å². The quantitative estimate of drug-likeness (QED) is 0.196. The fourth-order valence-electron chi connectivity index (χ4n) is 4.14. The SMILES string of the molecule is CCOc1ccc(C2/C(=C(\O)c3ccc(Cl)cc3)C(=O)C(=O)N2c2nc3ccc(C)cc3s2)cc1. The molecule has 1 N–H and O–H groups in total. The van der Waals surface area contributed by atoms with Crippen molar-refractivity contribution in [3.63, 3.8) is 0 Å². The molecule has 0 spiro atoms. The van der Waals surface area contributed by atoms with Crippen LogP contribution >= 0.6 is 22.9 Å². The van der Waals surface area contributed by atoms with E-state index in [1.165, 1.54) is 16.2 Å². The molecule has 1 amide bonds. The zero-order valence-corrected chi connectivity index (χ0v) is 20.6. The molecule has 3 aromatic carbocycles. The second-order valence-corrected chi connectivity index (χ2v) is 9.59. The molecule has 5 rings (SSSR count). The molecule has 35 heavy (non-hydrogen) atoms. The van der Waals surface area contributed by atoms with E-state index >= 15 is 0 Å². The molecule has 1 aliphatic heterocycles.